The van der Waals surface area contributed by atoms with Gasteiger partial charge in [-0.1, -0.05) is 57.5 Å². The molecule has 1 saturated heterocycles. The van der Waals surface area contributed by atoms with Crippen molar-refractivity contribution in [2.75, 3.05) is 20.8 Å². The molecule has 37 heavy (non-hydrogen) atoms. The Morgan fingerprint density at radius 2 is 1.95 bits per heavy atom. The number of ether oxygens (including phenoxy) is 2. The summed E-state index contributed by atoms with van der Waals surface area (Å²) >= 11 is 1.54. The van der Waals surface area contributed by atoms with Gasteiger partial charge in [-0.05, 0) is 37.2 Å². The third kappa shape index (κ3) is 8.09. The largest absolute Gasteiger partial charge is 0.381 e. The van der Waals surface area contributed by atoms with Crippen LogP contribution in [-0.4, -0.2) is 60.7 Å². The average molecular weight is 530 g/mol. The normalized spacial score (nSPS) is 19.7. The molecular formula is C29H43N3O4S. The first-order valence-electron chi connectivity index (χ1n) is 13.5. The minimum absolute atomic E-state index is 0.0806. The summed E-state index contributed by atoms with van der Waals surface area (Å²) in [5, 5.41) is 6.03. The SMILES string of the molecule is CCC(C)CC(CC(=O)N1CCC[C@H]1[C@H](OC)[C@@H](C)C(=O)N[C@@H](Cc1ccccc1)c1nccs1)OC. The van der Waals surface area contributed by atoms with E-state index < -0.39 is 12.0 Å². The summed E-state index contributed by atoms with van der Waals surface area (Å²) in [4.78, 5) is 33.2. The fourth-order valence-corrected chi connectivity index (χ4v) is 5.93. The number of nitrogens with zero attached hydrogens (tertiary/aromatic N) is 2. The molecule has 2 amide bonds. The molecule has 0 aliphatic carbocycles. The summed E-state index contributed by atoms with van der Waals surface area (Å²) in [5.74, 6) is 0.0649. The lowest BCUT2D eigenvalue weighted by molar-refractivity contribution is -0.142. The van der Waals surface area contributed by atoms with Gasteiger partial charge in [0.2, 0.25) is 11.8 Å². The van der Waals surface area contributed by atoms with Crippen LogP contribution >= 0.6 is 11.3 Å². The zero-order chi connectivity index (χ0) is 26.8. The maximum Gasteiger partial charge on any atom is 0.226 e. The lowest BCUT2D eigenvalue weighted by Gasteiger charge is -2.35. The van der Waals surface area contributed by atoms with Crippen LogP contribution in [0.3, 0.4) is 0 Å². The summed E-state index contributed by atoms with van der Waals surface area (Å²) in [6.07, 6.45) is 5.95. The summed E-state index contributed by atoms with van der Waals surface area (Å²) < 4.78 is 11.5. The number of aromatic nitrogens is 1. The molecule has 1 N–H and O–H groups in total. The van der Waals surface area contributed by atoms with Gasteiger partial charge in [0, 0.05) is 32.3 Å². The minimum Gasteiger partial charge on any atom is -0.381 e. The summed E-state index contributed by atoms with van der Waals surface area (Å²) in [6.45, 7) is 6.93. The third-order valence-electron chi connectivity index (χ3n) is 7.62. The molecule has 0 bridgehead atoms. The first-order chi connectivity index (χ1) is 17.9. The van der Waals surface area contributed by atoms with Crippen molar-refractivity contribution in [2.45, 2.75) is 83.6 Å². The summed E-state index contributed by atoms with van der Waals surface area (Å²) in [6, 6.07) is 9.76. The molecule has 0 spiro atoms. The lowest BCUT2D eigenvalue weighted by atomic mass is 9.93. The van der Waals surface area contributed by atoms with Crippen molar-refractivity contribution < 1.29 is 19.1 Å². The molecule has 3 rings (SSSR count). The highest BCUT2D eigenvalue weighted by Crippen LogP contribution is 2.29. The van der Waals surface area contributed by atoms with E-state index in [1.807, 2.05) is 35.4 Å². The van der Waals surface area contributed by atoms with Gasteiger partial charge < -0.3 is 19.7 Å². The Kier molecular flexibility index (Phi) is 11.5. The van der Waals surface area contributed by atoms with E-state index >= 15 is 0 Å². The number of thiazole rings is 1. The number of amides is 2. The van der Waals surface area contributed by atoms with Gasteiger partial charge in [-0.15, -0.1) is 11.3 Å². The number of carbonyl (C=O) groups is 2. The van der Waals surface area contributed by atoms with Crippen molar-refractivity contribution in [2.24, 2.45) is 11.8 Å². The van der Waals surface area contributed by atoms with E-state index in [0.717, 1.165) is 36.3 Å². The molecular weight excluding hydrogens is 486 g/mol. The average Bonchev–Trinajstić information content (AvgIpc) is 3.62. The Bertz CT molecular complexity index is 955. The second kappa shape index (κ2) is 14.6. The Labute approximate surface area is 226 Å². The second-order valence-electron chi connectivity index (χ2n) is 10.2. The first-order valence-corrected chi connectivity index (χ1v) is 14.3. The number of hydrogen-bond acceptors (Lipinski definition) is 6. The fourth-order valence-electron chi connectivity index (χ4n) is 5.24. The van der Waals surface area contributed by atoms with Crippen molar-refractivity contribution in [3.05, 3.63) is 52.5 Å². The van der Waals surface area contributed by atoms with Gasteiger partial charge in [-0.2, -0.15) is 0 Å². The Balaban J connectivity index is 1.68. The monoisotopic (exact) mass is 529 g/mol. The fraction of sp³-hybridized carbons (Fsp3) is 0.621. The molecule has 1 aliphatic rings. The van der Waals surface area contributed by atoms with Crippen LogP contribution in [-0.2, 0) is 25.5 Å². The summed E-state index contributed by atoms with van der Waals surface area (Å²) in [7, 11) is 3.32. The Morgan fingerprint density at radius 3 is 2.57 bits per heavy atom. The quantitative estimate of drug-likeness (QED) is 0.371. The van der Waals surface area contributed by atoms with E-state index in [9.17, 15) is 9.59 Å². The zero-order valence-corrected chi connectivity index (χ0v) is 23.7. The standard InChI is InChI=1S/C29H43N3O4S/c1-6-20(2)17-23(35-4)19-26(33)32-15-10-13-25(32)27(36-5)21(3)28(34)31-24(29-30-14-16-37-29)18-22-11-8-7-9-12-22/h7-9,11-12,14,16,20-21,23-25,27H,6,10,13,15,17-19H2,1-5H3,(H,31,34)/t20?,21-,23?,24+,25+,27-/m1/s1. The minimum atomic E-state index is -0.431. The van der Waals surface area contributed by atoms with Gasteiger partial charge in [-0.3, -0.25) is 9.59 Å². The predicted octanol–water partition coefficient (Wildman–Crippen LogP) is 5.03. The lowest BCUT2D eigenvalue weighted by Crippen LogP contribution is -2.50. The van der Waals surface area contributed by atoms with Crippen molar-refractivity contribution in [1.29, 1.82) is 0 Å². The first kappa shape index (κ1) is 29.3. The van der Waals surface area contributed by atoms with E-state index in [4.69, 9.17) is 9.47 Å². The van der Waals surface area contributed by atoms with Crippen LogP contribution in [0.5, 0.6) is 0 Å². The molecule has 1 aromatic heterocycles. The van der Waals surface area contributed by atoms with Crippen LogP contribution in [0.15, 0.2) is 41.9 Å². The van der Waals surface area contributed by atoms with E-state index in [1.54, 1.807) is 20.4 Å². The Morgan fingerprint density at radius 1 is 1.19 bits per heavy atom. The number of methoxy groups -OCH3 is 2. The van der Waals surface area contributed by atoms with Crippen molar-refractivity contribution in [3.63, 3.8) is 0 Å². The molecule has 7 nitrogen and oxygen atoms in total. The number of nitrogens with one attached hydrogen (secondary N) is 1. The molecule has 6 atom stereocenters. The molecule has 1 aliphatic heterocycles. The van der Waals surface area contributed by atoms with Crippen LogP contribution in [0.25, 0.3) is 0 Å². The van der Waals surface area contributed by atoms with E-state index in [0.29, 0.717) is 25.3 Å². The zero-order valence-electron chi connectivity index (χ0n) is 22.9. The van der Waals surface area contributed by atoms with Gasteiger partial charge >= 0.3 is 0 Å². The van der Waals surface area contributed by atoms with E-state index in [-0.39, 0.29) is 30.0 Å². The highest BCUT2D eigenvalue weighted by atomic mass is 32.1. The highest BCUT2D eigenvalue weighted by Gasteiger charge is 2.40. The van der Waals surface area contributed by atoms with Crippen LogP contribution in [0, 0.1) is 11.8 Å². The molecule has 1 aromatic carbocycles. The maximum atomic E-state index is 13.5. The van der Waals surface area contributed by atoms with Crippen LogP contribution in [0.4, 0.5) is 0 Å². The van der Waals surface area contributed by atoms with Gasteiger partial charge in [0.25, 0.3) is 0 Å². The molecule has 1 fully saturated rings. The topological polar surface area (TPSA) is 80.8 Å². The highest BCUT2D eigenvalue weighted by molar-refractivity contribution is 7.09. The van der Waals surface area contributed by atoms with Gasteiger partial charge in [0.1, 0.15) is 5.01 Å². The van der Waals surface area contributed by atoms with Crippen molar-refractivity contribution in [1.82, 2.24) is 15.2 Å². The molecule has 0 radical (unpaired) electrons. The number of benzene rings is 1. The summed E-state index contributed by atoms with van der Waals surface area (Å²) in [5.41, 5.74) is 1.14. The van der Waals surface area contributed by atoms with Crippen LogP contribution in [0.2, 0.25) is 0 Å². The predicted molar refractivity (Wildman–Crippen MR) is 147 cm³/mol. The van der Waals surface area contributed by atoms with E-state index in [2.05, 4.69) is 36.3 Å². The molecule has 8 heteroatoms. The van der Waals surface area contributed by atoms with Gasteiger partial charge in [0.15, 0.2) is 0 Å². The third-order valence-corrected chi connectivity index (χ3v) is 8.51. The van der Waals surface area contributed by atoms with Crippen molar-refractivity contribution >= 4 is 23.2 Å². The van der Waals surface area contributed by atoms with Crippen LogP contribution in [0.1, 0.15) is 69.5 Å². The number of likely N-dealkylation sites (tertiary alicyclic amines) is 1. The maximum absolute atomic E-state index is 13.5. The molecule has 2 aromatic rings. The second-order valence-corrected chi connectivity index (χ2v) is 11.1. The van der Waals surface area contributed by atoms with Crippen LogP contribution < -0.4 is 5.32 Å². The number of hydrogen-bond donors (Lipinski definition) is 1. The van der Waals surface area contributed by atoms with E-state index in [1.165, 1.54) is 11.3 Å². The molecule has 204 valence electrons. The molecule has 0 saturated carbocycles. The van der Waals surface area contributed by atoms with Crippen molar-refractivity contribution in [3.8, 4) is 0 Å². The number of rotatable bonds is 14. The molecule has 2 unspecified atom stereocenters. The Hall–Kier alpha value is -2.29. The smallest absolute Gasteiger partial charge is 0.226 e. The van der Waals surface area contributed by atoms with Gasteiger partial charge in [-0.25, -0.2) is 4.98 Å². The number of carbonyl (C=O) groups excluding carboxylic acids is 2. The molecule has 2 heterocycles. The van der Waals surface area contributed by atoms with Gasteiger partial charge in [0.05, 0.1) is 36.6 Å².